The molecule has 1 aliphatic rings. The Labute approximate surface area is 121 Å². The van der Waals surface area contributed by atoms with Gasteiger partial charge in [-0.1, -0.05) is 40.0 Å². The summed E-state index contributed by atoms with van der Waals surface area (Å²) >= 11 is 0. The van der Waals surface area contributed by atoms with Crippen molar-refractivity contribution in [2.24, 2.45) is 11.3 Å². The number of nitrogens with one attached hydrogen (secondary N) is 2. The number of unbranched alkanes of at least 4 members (excludes halogenated alkanes) is 2. The second kappa shape index (κ2) is 9.77. The van der Waals surface area contributed by atoms with E-state index in [0.717, 1.165) is 5.92 Å². The lowest BCUT2D eigenvalue weighted by Gasteiger charge is -2.26. The van der Waals surface area contributed by atoms with Gasteiger partial charge in [-0.25, -0.2) is 0 Å². The number of rotatable bonds is 10. The summed E-state index contributed by atoms with van der Waals surface area (Å²) < 4.78 is 0. The molecule has 0 unspecified atom stereocenters. The van der Waals surface area contributed by atoms with Crippen LogP contribution in [-0.4, -0.2) is 26.2 Å². The maximum atomic E-state index is 3.68. The van der Waals surface area contributed by atoms with Crippen LogP contribution in [0.2, 0.25) is 0 Å². The average Bonchev–Trinajstić information content (AvgIpc) is 2.39. The summed E-state index contributed by atoms with van der Waals surface area (Å²) in [5, 5.41) is 7.12. The Bertz CT molecular complexity index is 207. The zero-order valence-corrected chi connectivity index (χ0v) is 13.6. The summed E-state index contributed by atoms with van der Waals surface area (Å²) in [6, 6.07) is 0. The highest BCUT2D eigenvalue weighted by molar-refractivity contribution is 4.72. The van der Waals surface area contributed by atoms with Crippen LogP contribution in [0.25, 0.3) is 0 Å². The molecule has 0 saturated carbocycles. The van der Waals surface area contributed by atoms with Crippen LogP contribution >= 0.6 is 0 Å². The molecule has 0 radical (unpaired) electrons. The van der Waals surface area contributed by atoms with Crippen LogP contribution < -0.4 is 10.6 Å². The molecule has 1 aliphatic heterocycles. The fourth-order valence-electron chi connectivity index (χ4n) is 3.05. The second-order valence-corrected chi connectivity index (χ2v) is 7.13. The van der Waals surface area contributed by atoms with E-state index >= 15 is 0 Å². The fourth-order valence-corrected chi connectivity index (χ4v) is 3.05. The molecule has 0 aromatic rings. The van der Waals surface area contributed by atoms with E-state index < -0.39 is 0 Å². The van der Waals surface area contributed by atoms with E-state index in [1.807, 2.05) is 0 Å². The van der Waals surface area contributed by atoms with Gasteiger partial charge in [-0.2, -0.15) is 0 Å². The van der Waals surface area contributed by atoms with Gasteiger partial charge in [0, 0.05) is 6.54 Å². The Kier molecular flexibility index (Phi) is 8.72. The van der Waals surface area contributed by atoms with E-state index in [9.17, 15) is 0 Å². The molecule has 0 amide bonds. The third kappa shape index (κ3) is 8.65. The molecule has 1 saturated heterocycles. The van der Waals surface area contributed by atoms with E-state index in [4.69, 9.17) is 0 Å². The van der Waals surface area contributed by atoms with Crippen molar-refractivity contribution in [3.05, 3.63) is 0 Å². The Morgan fingerprint density at radius 3 is 2.53 bits per heavy atom. The highest BCUT2D eigenvalue weighted by Crippen LogP contribution is 2.22. The van der Waals surface area contributed by atoms with E-state index in [2.05, 4.69) is 31.4 Å². The smallest absolute Gasteiger partial charge is 0.000252 e. The summed E-state index contributed by atoms with van der Waals surface area (Å²) in [6.45, 7) is 12.0. The van der Waals surface area contributed by atoms with Crippen molar-refractivity contribution < 1.29 is 0 Å². The van der Waals surface area contributed by atoms with Crippen molar-refractivity contribution in [3.8, 4) is 0 Å². The summed E-state index contributed by atoms with van der Waals surface area (Å²) in [7, 11) is 0. The standard InChI is InChI=1S/C17H36N2/c1-4-5-6-11-17(2,3)15-19-12-7-8-16-9-13-18-14-10-16/h16,18-19H,4-15H2,1-3H3. The van der Waals surface area contributed by atoms with E-state index in [0.29, 0.717) is 5.41 Å². The molecule has 0 aromatic carbocycles. The molecule has 1 rings (SSSR count). The van der Waals surface area contributed by atoms with Gasteiger partial charge in [0.25, 0.3) is 0 Å². The Morgan fingerprint density at radius 1 is 1.11 bits per heavy atom. The van der Waals surface area contributed by atoms with Crippen molar-refractivity contribution in [2.75, 3.05) is 26.2 Å². The molecule has 0 aromatic heterocycles. The molecule has 2 heteroatoms. The second-order valence-electron chi connectivity index (χ2n) is 7.13. The van der Waals surface area contributed by atoms with Gasteiger partial charge in [0.15, 0.2) is 0 Å². The number of hydrogen-bond acceptors (Lipinski definition) is 2. The number of piperidine rings is 1. The van der Waals surface area contributed by atoms with Gasteiger partial charge < -0.3 is 10.6 Å². The maximum Gasteiger partial charge on any atom is 0.000252 e. The van der Waals surface area contributed by atoms with E-state index in [-0.39, 0.29) is 0 Å². The van der Waals surface area contributed by atoms with Crippen LogP contribution in [-0.2, 0) is 0 Å². The van der Waals surface area contributed by atoms with Crippen molar-refractivity contribution in [3.63, 3.8) is 0 Å². The predicted octanol–water partition coefficient (Wildman–Crippen LogP) is 3.96. The van der Waals surface area contributed by atoms with Gasteiger partial charge in [0.2, 0.25) is 0 Å². The van der Waals surface area contributed by atoms with Gasteiger partial charge in [0.05, 0.1) is 0 Å². The SMILES string of the molecule is CCCCCC(C)(C)CNCCCC1CCNCC1. The van der Waals surface area contributed by atoms with Crippen LogP contribution in [0.1, 0.15) is 72.1 Å². The summed E-state index contributed by atoms with van der Waals surface area (Å²) in [5.41, 5.74) is 0.476. The Morgan fingerprint density at radius 2 is 1.84 bits per heavy atom. The summed E-state index contributed by atoms with van der Waals surface area (Å²) in [4.78, 5) is 0. The lowest BCUT2D eigenvalue weighted by Crippen LogP contribution is -2.31. The molecule has 19 heavy (non-hydrogen) atoms. The summed E-state index contributed by atoms with van der Waals surface area (Å²) in [6.07, 6.45) is 11.0. The molecule has 1 heterocycles. The molecule has 114 valence electrons. The number of hydrogen-bond donors (Lipinski definition) is 2. The van der Waals surface area contributed by atoms with Crippen molar-refractivity contribution in [1.29, 1.82) is 0 Å². The van der Waals surface area contributed by atoms with E-state index in [1.54, 1.807) is 0 Å². The molecule has 0 atom stereocenters. The van der Waals surface area contributed by atoms with Crippen molar-refractivity contribution in [2.45, 2.75) is 72.1 Å². The van der Waals surface area contributed by atoms with Gasteiger partial charge in [-0.3, -0.25) is 0 Å². The normalized spacial score (nSPS) is 17.8. The highest BCUT2D eigenvalue weighted by atomic mass is 14.9. The topological polar surface area (TPSA) is 24.1 Å². The van der Waals surface area contributed by atoms with Gasteiger partial charge >= 0.3 is 0 Å². The van der Waals surface area contributed by atoms with Crippen LogP contribution in [0.15, 0.2) is 0 Å². The monoisotopic (exact) mass is 268 g/mol. The molecule has 1 fully saturated rings. The maximum absolute atomic E-state index is 3.68. The van der Waals surface area contributed by atoms with E-state index in [1.165, 1.54) is 77.5 Å². The first kappa shape index (κ1) is 17.0. The molecular weight excluding hydrogens is 232 g/mol. The minimum atomic E-state index is 0.476. The first-order chi connectivity index (χ1) is 9.14. The van der Waals surface area contributed by atoms with Crippen molar-refractivity contribution >= 4 is 0 Å². The quantitative estimate of drug-likeness (QED) is 0.586. The fraction of sp³-hybridized carbons (Fsp3) is 1.00. The largest absolute Gasteiger partial charge is 0.317 e. The van der Waals surface area contributed by atoms with Gasteiger partial charge in [-0.05, 0) is 63.1 Å². The molecule has 0 spiro atoms. The predicted molar refractivity (Wildman–Crippen MR) is 85.6 cm³/mol. The summed E-state index contributed by atoms with van der Waals surface area (Å²) in [5.74, 6) is 0.987. The minimum Gasteiger partial charge on any atom is -0.317 e. The molecule has 2 N–H and O–H groups in total. The van der Waals surface area contributed by atoms with Crippen LogP contribution in [0.5, 0.6) is 0 Å². The first-order valence-electron chi connectivity index (χ1n) is 8.55. The minimum absolute atomic E-state index is 0.476. The van der Waals surface area contributed by atoms with Gasteiger partial charge in [-0.15, -0.1) is 0 Å². The lowest BCUT2D eigenvalue weighted by atomic mass is 9.87. The van der Waals surface area contributed by atoms with Crippen LogP contribution in [0.3, 0.4) is 0 Å². The highest BCUT2D eigenvalue weighted by Gasteiger charge is 2.16. The average molecular weight is 268 g/mol. The first-order valence-corrected chi connectivity index (χ1v) is 8.55. The Balaban J connectivity index is 1.96. The third-order valence-corrected chi connectivity index (χ3v) is 4.49. The molecule has 0 bridgehead atoms. The van der Waals surface area contributed by atoms with Crippen LogP contribution in [0, 0.1) is 11.3 Å². The van der Waals surface area contributed by atoms with Gasteiger partial charge in [0.1, 0.15) is 0 Å². The lowest BCUT2D eigenvalue weighted by molar-refractivity contribution is 0.295. The molecule has 2 nitrogen and oxygen atoms in total. The Hall–Kier alpha value is -0.0800. The molecule has 0 aliphatic carbocycles. The zero-order valence-electron chi connectivity index (χ0n) is 13.6. The third-order valence-electron chi connectivity index (χ3n) is 4.49. The zero-order chi connectivity index (χ0) is 14.0. The molecular formula is C17H36N2. The van der Waals surface area contributed by atoms with Crippen molar-refractivity contribution in [1.82, 2.24) is 10.6 Å². The van der Waals surface area contributed by atoms with Crippen LogP contribution in [0.4, 0.5) is 0 Å².